The number of carbonyl (C=O) groups is 4. The molecule has 0 radical (unpaired) electrons. The molecule has 0 aromatic rings. The van der Waals surface area contributed by atoms with Gasteiger partial charge >= 0.3 is 11.9 Å². The van der Waals surface area contributed by atoms with E-state index in [0.717, 1.165) is 5.57 Å². The summed E-state index contributed by atoms with van der Waals surface area (Å²) in [5.41, 5.74) is -2.18. The number of ketones is 2. The van der Waals surface area contributed by atoms with Crippen LogP contribution < -0.4 is 0 Å². The standard InChI is InChI=1S/C27H35ClO7/c1-5-6-23(33)35-26(22(32)15-34-16(2)29)12-10-19-20-8-7-17-13-18(30)9-11-24(17,3)27(20,28)21(31)14-25(19,26)4/h9,11,13,19-21,31H,5-8,10,12,14-15H2,1-4H3/t19?,20?,21-,24-,25-,26-,27-/m0/s1. The van der Waals surface area contributed by atoms with Crippen LogP contribution in [0.25, 0.3) is 0 Å². The number of hydrogen-bond donors (Lipinski definition) is 1. The minimum Gasteiger partial charge on any atom is -0.458 e. The van der Waals surface area contributed by atoms with Crippen molar-refractivity contribution in [2.24, 2.45) is 22.7 Å². The summed E-state index contributed by atoms with van der Waals surface area (Å²) in [6, 6.07) is 0. The number of Topliss-reactive ketones (excluding diaryl/α,β-unsaturated/α-hetero) is 1. The number of aliphatic hydroxyl groups is 1. The fraction of sp³-hybridized carbons (Fsp3) is 0.704. The Morgan fingerprint density at radius 1 is 1.20 bits per heavy atom. The van der Waals surface area contributed by atoms with Crippen LogP contribution >= 0.6 is 11.6 Å². The van der Waals surface area contributed by atoms with Gasteiger partial charge in [0.2, 0.25) is 5.78 Å². The molecule has 0 aliphatic heterocycles. The summed E-state index contributed by atoms with van der Waals surface area (Å²) in [5.74, 6) is -1.88. The smallest absolute Gasteiger partial charge is 0.306 e. The first-order chi connectivity index (χ1) is 16.4. The third-order valence-electron chi connectivity index (χ3n) is 9.36. The van der Waals surface area contributed by atoms with Crippen LogP contribution in [0.2, 0.25) is 0 Å². The number of aliphatic hydroxyl groups excluding tert-OH is 1. The average molecular weight is 507 g/mol. The number of hydrogen-bond acceptors (Lipinski definition) is 7. The molecule has 3 saturated carbocycles. The molecule has 0 saturated heterocycles. The lowest BCUT2D eigenvalue weighted by Gasteiger charge is -2.64. The molecule has 4 aliphatic rings. The molecule has 1 N–H and O–H groups in total. The zero-order valence-electron chi connectivity index (χ0n) is 20.9. The van der Waals surface area contributed by atoms with Gasteiger partial charge in [-0.05, 0) is 62.5 Å². The van der Waals surface area contributed by atoms with Crippen LogP contribution in [0.3, 0.4) is 0 Å². The molecule has 3 fully saturated rings. The topological polar surface area (TPSA) is 107 Å². The molecule has 7 atom stereocenters. The van der Waals surface area contributed by atoms with Gasteiger partial charge in [0, 0.05) is 24.2 Å². The van der Waals surface area contributed by atoms with Gasteiger partial charge in [-0.3, -0.25) is 19.2 Å². The maximum Gasteiger partial charge on any atom is 0.306 e. The highest BCUT2D eigenvalue weighted by Crippen LogP contribution is 2.71. The number of fused-ring (bicyclic) bond motifs is 5. The zero-order chi connectivity index (χ0) is 25.8. The first-order valence-electron chi connectivity index (χ1n) is 12.6. The molecule has 35 heavy (non-hydrogen) atoms. The van der Waals surface area contributed by atoms with E-state index in [-0.39, 0.29) is 36.9 Å². The molecule has 4 rings (SSSR count). The van der Waals surface area contributed by atoms with E-state index in [0.29, 0.717) is 25.7 Å². The summed E-state index contributed by atoms with van der Waals surface area (Å²) in [4.78, 5) is 48.8. The second kappa shape index (κ2) is 8.84. The van der Waals surface area contributed by atoms with Gasteiger partial charge in [0.15, 0.2) is 18.0 Å². The van der Waals surface area contributed by atoms with Crippen molar-refractivity contribution < 1.29 is 33.8 Å². The molecule has 0 aromatic heterocycles. The van der Waals surface area contributed by atoms with Crippen LogP contribution in [0.4, 0.5) is 0 Å². The molecule has 2 unspecified atom stereocenters. The van der Waals surface area contributed by atoms with Crippen molar-refractivity contribution in [3.05, 3.63) is 23.8 Å². The summed E-state index contributed by atoms with van der Waals surface area (Å²) >= 11 is 7.43. The maximum atomic E-state index is 13.6. The number of alkyl halides is 1. The Morgan fingerprint density at radius 2 is 1.91 bits per heavy atom. The van der Waals surface area contributed by atoms with Crippen LogP contribution in [0.1, 0.15) is 72.6 Å². The summed E-state index contributed by atoms with van der Waals surface area (Å²) in [5, 5.41) is 11.7. The average Bonchev–Trinajstić information content (AvgIpc) is 3.06. The minimum atomic E-state index is -1.51. The molecule has 0 amide bonds. The Kier molecular flexibility index (Phi) is 6.59. The number of ether oxygens (including phenoxy) is 2. The van der Waals surface area contributed by atoms with Gasteiger partial charge in [0.05, 0.1) is 11.0 Å². The molecule has 0 bridgehead atoms. The third kappa shape index (κ3) is 3.64. The van der Waals surface area contributed by atoms with E-state index in [1.54, 1.807) is 6.08 Å². The monoisotopic (exact) mass is 506 g/mol. The second-order valence-electron chi connectivity index (χ2n) is 11.1. The highest BCUT2D eigenvalue weighted by Gasteiger charge is 2.74. The largest absolute Gasteiger partial charge is 0.458 e. The van der Waals surface area contributed by atoms with Crippen molar-refractivity contribution in [3.8, 4) is 0 Å². The number of allylic oxidation sites excluding steroid dienone is 4. The minimum absolute atomic E-state index is 0.0786. The van der Waals surface area contributed by atoms with Gasteiger partial charge in [-0.25, -0.2) is 0 Å². The molecule has 0 aromatic carbocycles. The summed E-state index contributed by atoms with van der Waals surface area (Å²) < 4.78 is 11.0. The van der Waals surface area contributed by atoms with Crippen molar-refractivity contribution in [1.29, 1.82) is 0 Å². The normalized spacial score (nSPS) is 41.8. The SMILES string of the molecule is CCCC(=O)O[C@]1(C(=O)COC(C)=O)CCC2C3CCC4=CC(=O)C=C[C@]4(C)[C@@]3(Cl)[C@@H](O)C[C@@]21C. The Bertz CT molecular complexity index is 1020. The lowest BCUT2D eigenvalue weighted by molar-refractivity contribution is -0.198. The van der Waals surface area contributed by atoms with Crippen molar-refractivity contribution in [2.45, 2.75) is 89.2 Å². The predicted molar refractivity (Wildman–Crippen MR) is 128 cm³/mol. The number of rotatable bonds is 6. The van der Waals surface area contributed by atoms with Crippen molar-refractivity contribution in [1.82, 2.24) is 0 Å². The number of halogens is 1. The third-order valence-corrected chi connectivity index (χ3v) is 10.3. The Hall–Kier alpha value is -1.99. The lowest BCUT2D eigenvalue weighted by atomic mass is 9.45. The summed E-state index contributed by atoms with van der Waals surface area (Å²) in [7, 11) is 0. The van der Waals surface area contributed by atoms with E-state index in [2.05, 4.69) is 0 Å². The molecule has 192 valence electrons. The van der Waals surface area contributed by atoms with E-state index in [1.807, 2.05) is 26.8 Å². The maximum absolute atomic E-state index is 13.6. The molecular formula is C27H35ClO7. The molecule has 4 aliphatic carbocycles. The lowest BCUT2D eigenvalue weighted by Crippen LogP contribution is -2.69. The first kappa shape index (κ1) is 26.1. The van der Waals surface area contributed by atoms with Gasteiger partial charge in [-0.15, -0.1) is 11.6 Å². The highest BCUT2D eigenvalue weighted by atomic mass is 35.5. The van der Waals surface area contributed by atoms with Crippen LogP contribution in [0.5, 0.6) is 0 Å². The zero-order valence-corrected chi connectivity index (χ0v) is 21.7. The van der Waals surface area contributed by atoms with Crippen molar-refractivity contribution in [3.63, 3.8) is 0 Å². The molecule has 0 spiro atoms. The predicted octanol–water partition coefficient (Wildman–Crippen LogP) is 3.84. The van der Waals surface area contributed by atoms with Crippen LogP contribution in [0.15, 0.2) is 23.8 Å². The fourth-order valence-electron chi connectivity index (χ4n) is 7.61. The van der Waals surface area contributed by atoms with Crippen molar-refractivity contribution >= 4 is 35.1 Å². The number of carbonyl (C=O) groups excluding carboxylic acids is 4. The van der Waals surface area contributed by atoms with E-state index >= 15 is 0 Å². The fourth-order valence-corrected chi connectivity index (χ4v) is 8.14. The Balaban J connectivity index is 1.77. The Morgan fingerprint density at radius 3 is 2.57 bits per heavy atom. The summed E-state index contributed by atoms with van der Waals surface area (Å²) in [6.07, 6.45) is 7.03. The van der Waals surface area contributed by atoms with E-state index in [4.69, 9.17) is 21.1 Å². The van der Waals surface area contributed by atoms with Gasteiger partial charge in [-0.2, -0.15) is 0 Å². The van der Waals surface area contributed by atoms with E-state index in [9.17, 15) is 24.3 Å². The summed E-state index contributed by atoms with van der Waals surface area (Å²) in [6.45, 7) is 6.48. The Labute approximate surface area is 211 Å². The quantitative estimate of drug-likeness (QED) is 0.430. The first-order valence-corrected chi connectivity index (χ1v) is 12.9. The van der Waals surface area contributed by atoms with Gasteiger partial charge < -0.3 is 14.6 Å². The van der Waals surface area contributed by atoms with Crippen LogP contribution in [-0.2, 0) is 28.7 Å². The number of esters is 2. The second-order valence-corrected chi connectivity index (χ2v) is 11.7. The molecule has 8 heteroatoms. The van der Waals surface area contributed by atoms with Crippen molar-refractivity contribution in [2.75, 3.05) is 6.61 Å². The van der Waals surface area contributed by atoms with Crippen LogP contribution in [-0.4, -0.2) is 51.8 Å². The van der Waals surface area contributed by atoms with E-state index < -0.39 is 51.7 Å². The highest BCUT2D eigenvalue weighted by molar-refractivity contribution is 6.26. The van der Waals surface area contributed by atoms with Crippen LogP contribution in [0, 0.1) is 22.7 Å². The van der Waals surface area contributed by atoms with Gasteiger partial charge in [0.1, 0.15) is 0 Å². The van der Waals surface area contributed by atoms with E-state index in [1.165, 1.54) is 13.0 Å². The molecule has 7 nitrogen and oxygen atoms in total. The molecular weight excluding hydrogens is 472 g/mol. The van der Waals surface area contributed by atoms with Gasteiger partial charge in [0.25, 0.3) is 0 Å². The van der Waals surface area contributed by atoms with Gasteiger partial charge in [-0.1, -0.05) is 32.4 Å². The molecule has 0 heterocycles.